The van der Waals surface area contributed by atoms with Crippen LogP contribution in [0, 0.1) is 6.92 Å². The van der Waals surface area contributed by atoms with Gasteiger partial charge in [0.25, 0.3) is 0 Å². The molecule has 15 heavy (non-hydrogen) atoms. The molecular weight excluding hydrogens is 214 g/mol. The molecule has 1 heterocycles. The summed E-state index contributed by atoms with van der Waals surface area (Å²) in [5.74, 6) is 0. The average molecular weight is 229 g/mol. The molecule has 0 aliphatic rings. The fourth-order valence-electron chi connectivity index (χ4n) is 1.11. The van der Waals surface area contributed by atoms with Crippen LogP contribution in [0.2, 0.25) is 0 Å². The third kappa shape index (κ3) is 3.89. The van der Waals surface area contributed by atoms with E-state index in [1.807, 2.05) is 26.0 Å². The number of aliphatic hydroxyl groups is 1. The molecule has 0 bridgehead atoms. The Labute approximate surface area is 92.9 Å². The van der Waals surface area contributed by atoms with Crippen LogP contribution in [0.5, 0.6) is 0 Å². The maximum atomic E-state index is 11.2. The van der Waals surface area contributed by atoms with Gasteiger partial charge in [-0.05, 0) is 26.0 Å². The first-order valence-corrected chi connectivity index (χ1v) is 5.55. The number of carbonyl (C=O) groups excluding carboxylic acids is 1. The van der Waals surface area contributed by atoms with Crippen LogP contribution in [0.3, 0.4) is 0 Å². The third-order valence-electron chi connectivity index (χ3n) is 1.85. The predicted molar refractivity (Wildman–Crippen MR) is 59.0 cm³/mol. The summed E-state index contributed by atoms with van der Waals surface area (Å²) in [6.07, 6.45) is -0.498. The molecule has 0 aromatic carbocycles. The summed E-state index contributed by atoms with van der Waals surface area (Å²) in [5, 5.41) is 11.1. The van der Waals surface area contributed by atoms with E-state index in [1.54, 1.807) is 11.3 Å². The quantitative estimate of drug-likeness (QED) is 0.828. The molecule has 2 N–H and O–H groups in total. The third-order valence-corrected chi connectivity index (χ3v) is 3.03. The first kappa shape index (κ1) is 12.0. The Kier molecular flexibility index (Phi) is 4.58. The topological polar surface area (TPSA) is 58.6 Å². The van der Waals surface area contributed by atoms with Gasteiger partial charge in [-0.1, -0.05) is 0 Å². The second-order valence-corrected chi connectivity index (χ2v) is 4.49. The van der Waals surface area contributed by atoms with Gasteiger partial charge in [-0.3, -0.25) is 0 Å². The Balaban J connectivity index is 2.41. The number of thiophene rings is 1. The van der Waals surface area contributed by atoms with Crippen molar-refractivity contribution >= 4 is 17.4 Å². The summed E-state index contributed by atoms with van der Waals surface area (Å²) >= 11 is 1.64. The zero-order valence-corrected chi connectivity index (χ0v) is 9.63. The molecule has 0 aliphatic heterocycles. The summed E-state index contributed by atoms with van der Waals surface area (Å²) in [5.41, 5.74) is 0. The summed E-state index contributed by atoms with van der Waals surface area (Å²) in [6, 6.07) is 3.93. The van der Waals surface area contributed by atoms with Crippen LogP contribution in [-0.4, -0.2) is 24.4 Å². The normalized spacial score (nSPS) is 12.2. The van der Waals surface area contributed by atoms with Gasteiger partial charge in [0.05, 0.1) is 12.6 Å². The van der Waals surface area contributed by atoms with Gasteiger partial charge in [0.15, 0.2) is 0 Å². The van der Waals surface area contributed by atoms with E-state index in [9.17, 15) is 4.79 Å². The van der Waals surface area contributed by atoms with Gasteiger partial charge < -0.3 is 15.2 Å². The molecule has 0 radical (unpaired) electrons. The molecule has 1 unspecified atom stereocenters. The standard InChI is InChI=1S/C10H15NO3S/c1-7-3-4-9(15-7)8(2)11-10(13)14-6-5-12/h3-4,8,12H,5-6H2,1-2H3,(H,11,13). The number of nitrogens with one attached hydrogen (secondary N) is 1. The molecule has 5 heteroatoms. The van der Waals surface area contributed by atoms with Crippen molar-refractivity contribution in [3.05, 3.63) is 21.9 Å². The monoisotopic (exact) mass is 229 g/mol. The van der Waals surface area contributed by atoms with E-state index >= 15 is 0 Å². The Morgan fingerprint density at radius 3 is 2.93 bits per heavy atom. The first-order chi connectivity index (χ1) is 7.13. The lowest BCUT2D eigenvalue weighted by Crippen LogP contribution is -2.27. The lowest BCUT2D eigenvalue weighted by Gasteiger charge is -2.11. The molecule has 0 spiro atoms. The number of amides is 1. The highest BCUT2D eigenvalue weighted by Crippen LogP contribution is 2.22. The molecule has 0 saturated heterocycles. The van der Waals surface area contributed by atoms with E-state index in [-0.39, 0.29) is 19.3 Å². The zero-order valence-electron chi connectivity index (χ0n) is 8.82. The zero-order chi connectivity index (χ0) is 11.3. The Bertz CT molecular complexity index is 324. The summed E-state index contributed by atoms with van der Waals surface area (Å²) in [4.78, 5) is 13.5. The van der Waals surface area contributed by atoms with Gasteiger partial charge in [-0.25, -0.2) is 4.79 Å². The van der Waals surface area contributed by atoms with Crippen molar-refractivity contribution in [2.75, 3.05) is 13.2 Å². The first-order valence-electron chi connectivity index (χ1n) is 4.74. The van der Waals surface area contributed by atoms with Crippen LogP contribution in [0.4, 0.5) is 4.79 Å². The van der Waals surface area contributed by atoms with Gasteiger partial charge >= 0.3 is 6.09 Å². The number of carbonyl (C=O) groups is 1. The number of hydrogen-bond acceptors (Lipinski definition) is 4. The van der Waals surface area contributed by atoms with Crippen molar-refractivity contribution in [1.82, 2.24) is 5.32 Å². The van der Waals surface area contributed by atoms with E-state index in [0.29, 0.717) is 0 Å². The molecule has 0 saturated carbocycles. The Morgan fingerprint density at radius 1 is 1.67 bits per heavy atom. The molecule has 1 aromatic rings. The molecule has 1 aromatic heterocycles. The van der Waals surface area contributed by atoms with E-state index in [0.717, 1.165) is 4.88 Å². The fraction of sp³-hybridized carbons (Fsp3) is 0.500. The number of aliphatic hydroxyl groups excluding tert-OH is 1. The number of ether oxygens (including phenoxy) is 1. The smallest absolute Gasteiger partial charge is 0.407 e. The average Bonchev–Trinajstić information content (AvgIpc) is 2.61. The highest BCUT2D eigenvalue weighted by molar-refractivity contribution is 7.12. The minimum atomic E-state index is -0.498. The molecule has 1 rings (SSSR count). The minimum Gasteiger partial charge on any atom is -0.447 e. The second-order valence-electron chi connectivity index (χ2n) is 3.17. The van der Waals surface area contributed by atoms with Crippen molar-refractivity contribution < 1.29 is 14.6 Å². The van der Waals surface area contributed by atoms with Crippen LogP contribution < -0.4 is 5.32 Å². The molecular formula is C10H15NO3S. The Hall–Kier alpha value is -1.07. The maximum Gasteiger partial charge on any atom is 0.407 e. The Morgan fingerprint density at radius 2 is 2.40 bits per heavy atom. The SMILES string of the molecule is Cc1ccc(C(C)NC(=O)OCCO)s1. The van der Waals surface area contributed by atoms with Crippen molar-refractivity contribution in [2.24, 2.45) is 0 Å². The predicted octanol–water partition coefficient (Wildman–Crippen LogP) is 1.84. The largest absolute Gasteiger partial charge is 0.447 e. The van der Waals surface area contributed by atoms with E-state index in [2.05, 4.69) is 5.32 Å². The highest BCUT2D eigenvalue weighted by atomic mass is 32.1. The van der Waals surface area contributed by atoms with Gasteiger partial charge in [0.2, 0.25) is 0 Å². The molecule has 1 amide bonds. The number of hydrogen-bond donors (Lipinski definition) is 2. The van der Waals surface area contributed by atoms with Crippen LogP contribution in [0.15, 0.2) is 12.1 Å². The maximum absolute atomic E-state index is 11.2. The number of alkyl carbamates (subject to hydrolysis) is 1. The molecule has 4 nitrogen and oxygen atoms in total. The van der Waals surface area contributed by atoms with Gasteiger partial charge in [-0.15, -0.1) is 11.3 Å². The van der Waals surface area contributed by atoms with E-state index in [4.69, 9.17) is 9.84 Å². The number of rotatable bonds is 4. The van der Waals surface area contributed by atoms with Gasteiger partial charge in [0.1, 0.15) is 6.61 Å². The van der Waals surface area contributed by atoms with E-state index < -0.39 is 6.09 Å². The van der Waals surface area contributed by atoms with Crippen LogP contribution >= 0.6 is 11.3 Å². The minimum absolute atomic E-state index is 0.0298. The molecule has 84 valence electrons. The van der Waals surface area contributed by atoms with Crippen molar-refractivity contribution in [1.29, 1.82) is 0 Å². The lowest BCUT2D eigenvalue weighted by molar-refractivity contribution is 0.117. The summed E-state index contributed by atoms with van der Waals surface area (Å²) < 4.78 is 4.69. The highest BCUT2D eigenvalue weighted by Gasteiger charge is 2.11. The number of aryl methyl sites for hydroxylation is 1. The molecule has 0 aliphatic carbocycles. The van der Waals surface area contributed by atoms with E-state index in [1.165, 1.54) is 4.88 Å². The lowest BCUT2D eigenvalue weighted by atomic mass is 10.3. The molecule has 1 atom stereocenters. The van der Waals surface area contributed by atoms with Crippen molar-refractivity contribution in [3.8, 4) is 0 Å². The molecule has 0 fully saturated rings. The van der Waals surface area contributed by atoms with Crippen molar-refractivity contribution in [3.63, 3.8) is 0 Å². The van der Waals surface area contributed by atoms with Crippen LogP contribution in [0.25, 0.3) is 0 Å². The van der Waals surface area contributed by atoms with Gasteiger partial charge in [0, 0.05) is 9.75 Å². The van der Waals surface area contributed by atoms with Crippen LogP contribution in [-0.2, 0) is 4.74 Å². The van der Waals surface area contributed by atoms with Gasteiger partial charge in [-0.2, -0.15) is 0 Å². The van der Waals surface area contributed by atoms with Crippen molar-refractivity contribution in [2.45, 2.75) is 19.9 Å². The second kappa shape index (κ2) is 5.72. The fourth-order valence-corrected chi connectivity index (χ4v) is 1.99. The summed E-state index contributed by atoms with van der Waals surface area (Å²) in [6.45, 7) is 3.79. The summed E-state index contributed by atoms with van der Waals surface area (Å²) in [7, 11) is 0. The van der Waals surface area contributed by atoms with Crippen LogP contribution in [0.1, 0.15) is 22.7 Å².